The Bertz CT molecular complexity index is 930. The van der Waals surface area contributed by atoms with Crippen molar-refractivity contribution in [2.24, 2.45) is 22.4 Å². The van der Waals surface area contributed by atoms with E-state index in [1.165, 1.54) is 18.2 Å². The van der Waals surface area contributed by atoms with Crippen molar-refractivity contribution in [3.05, 3.63) is 40.4 Å². The van der Waals surface area contributed by atoms with E-state index in [9.17, 15) is 14.4 Å². The number of nitrogens with zero attached hydrogens (tertiary/aromatic N) is 3. The highest BCUT2D eigenvalue weighted by molar-refractivity contribution is 6.35. The number of hydrazone groups is 1. The SMILES string of the molecule is CC(C)(C)C(=O)[C@H]1[C@@H]2C(=O)N(c3cc(Cl)cc(Cl)c3)C(=O)[C@@H]2[C@H]2C=CC=NN21. The monoisotopic (exact) mass is 419 g/mol. The number of carbonyl (C=O) groups excluding carboxylic acids is 3. The first kappa shape index (κ1) is 19.2. The van der Waals surface area contributed by atoms with Gasteiger partial charge in [-0.1, -0.05) is 50.0 Å². The highest BCUT2D eigenvalue weighted by atomic mass is 35.5. The average Bonchev–Trinajstić information content (AvgIpc) is 3.06. The van der Waals surface area contributed by atoms with E-state index in [0.717, 1.165) is 4.90 Å². The molecule has 0 spiro atoms. The number of amides is 2. The second-order valence-corrected chi connectivity index (χ2v) is 9.14. The smallest absolute Gasteiger partial charge is 0.240 e. The Kier molecular flexibility index (Phi) is 4.39. The van der Waals surface area contributed by atoms with Gasteiger partial charge in [0.05, 0.1) is 23.6 Å². The number of hydrogen-bond acceptors (Lipinski definition) is 5. The normalized spacial score (nSPS) is 28.8. The van der Waals surface area contributed by atoms with Gasteiger partial charge in [0.2, 0.25) is 11.8 Å². The van der Waals surface area contributed by atoms with Crippen molar-refractivity contribution >= 4 is 52.7 Å². The molecule has 0 aliphatic carbocycles. The number of hydrogen-bond donors (Lipinski definition) is 0. The van der Waals surface area contributed by atoms with Crippen LogP contribution in [0.5, 0.6) is 0 Å². The lowest BCUT2D eigenvalue weighted by atomic mass is 9.80. The average molecular weight is 420 g/mol. The van der Waals surface area contributed by atoms with Crippen LogP contribution in [0.4, 0.5) is 5.69 Å². The van der Waals surface area contributed by atoms with E-state index in [-0.39, 0.29) is 11.7 Å². The Balaban J connectivity index is 1.81. The molecular formula is C20H19Cl2N3O3. The fourth-order valence-corrected chi connectivity index (χ4v) is 4.72. The van der Waals surface area contributed by atoms with Crippen LogP contribution in [-0.2, 0) is 14.4 Å². The van der Waals surface area contributed by atoms with Crippen LogP contribution in [0.2, 0.25) is 10.0 Å². The molecule has 0 saturated carbocycles. The molecule has 4 rings (SSSR count). The maximum Gasteiger partial charge on any atom is 0.240 e. The lowest BCUT2D eigenvalue weighted by Gasteiger charge is -2.33. The summed E-state index contributed by atoms with van der Waals surface area (Å²) in [6, 6.07) is 3.34. The van der Waals surface area contributed by atoms with Crippen molar-refractivity contribution in [2.75, 3.05) is 4.90 Å². The lowest BCUT2D eigenvalue weighted by molar-refractivity contribution is -0.136. The van der Waals surface area contributed by atoms with Gasteiger partial charge in [0.1, 0.15) is 6.04 Å². The van der Waals surface area contributed by atoms with Crippen LogP contribution < -0.4 is 4.90 Å². The van der Waals surface area contributed by atoms with Crippen LogP contribution in [0.1, 0.15) is 20.8 Å². The molecule has 3 aliphatic heterocycles. The van der Waals surface area contributed by atoms with Gasteiger partial charge in [-0.15, -0.1) is 0 Å². The molecule has 0 aromatic heterocycles. The van der Waals surface area contributed by atoms with Gasteiger partial charge in [0, 0.05) is 21.7 Å². The predicted molar refractivity (Wildman–Crippen MR) is 107 cm³/mol. The predicted octanol–water partition coefficient (Wildman–Crippen LogP) is 3.32. The number of rotatable bonds is 2. The van der Waals surface area contributed by atoms with E-state index in [0.29, 0.717) is 15.7 Å². The zero-order valence-corrected chi connectivity index (χ0v) is 17.1. The van der Waals surface area contributed by atoms with Gasteiger partial charge in [0.15, 0.2) is 5.78 Å². The number of benzene rings is 1. The molecule has 3 heterocycles. The zero-order valence-electron chi connectivity index (χ0n) is 15.6. The topological polar surface area (TPSA) is 70.0 Å². The maximum absolute atomic E-state index is 13.4. The quantitative estimate of drug-likeness (QED) is 0.689. The van der Waals surface area contributed by atoms with Crippen LogP contribution in [0.15, 0.2) is 35.5 Å². The molecule has 8 heteroatoms. The molecule has 146 valence electrons. The van der Waals surface area contributed by atoms with Gasteiger partial charge < -0.3 is 0 Å². The fraction of sp³-hybridized carbons (Fsp3) is 0.400. The lowest BCUT2D eigenvalue weighted by Crippen LogP contribution is -2.49. The molecule has 6 nitrogen and oxygen atoms in total. The number of fused-ring (bicyclic) bond motifs is 3. The van der Waals surface area contributed by atoms with Crippen LogP contribution in [0.3, 0.4) is 0 Å². The first-order chi connectivity index (χ1) is 13.1. The van der Waals surface area contributed by atoms with E-state index < -0.39 is 35.2 Å². The van der Waals surface area contributed by atoms with Gasteiger partial charge in [-0.2, -0.15) is 5.10 Å². The molecule has 2 amide bonds. The standard InChI is InChI=1S/C20H19Cl2N3O3/c1-20(2,3)17(26)16-15-14(13-5-4-6-23-25(13)16)18(27)24(19(15)28)12-8-10(21)7-11(22)9-12/h4-9,13-16H,1-3H3/t13-,14-,15-,16-/m1/s1. The molecule has 1 aromatic carbocycles. The highest BCUT2D eigenvalue weighted by Crippen LogP contribution is 2.47. The van der Waals surface area contributed by atoms with Crippen LogP contribution in [0, 0.1) is 17.3 Å². The molecule has 4 atom stereocenters. The van der Waals surface area contributed by atoms with Crippen molar-refractivity contribution in [1.29, 1.82) is 0 Å². The van der Waals surface area contributed by atoms with Gasteiger partial charge >= 0.3 is 0 Å². The van der Waals surface area contributed by atoms with Gasteiger partial charge in [-0.3, -0.25) is 19.4 Å². The molecule has 3 aliphatic rings. The summed E-state index contributed by atoms with van der Waals surface area (Å²) in [4.78, 5) is 41.0. The maximum atomic E-state index is 13.4. The Morgan fingerprint density at radius 1 is 1.04 bits per heavy atom. The molecular weight excluding hydrogens is 401 g/mol. The first-order valence-corrected chi connectivity index (χ1v) is 9.74. The third-order valence-corrected chi connectivity index (χ3v) is 5.84. The summed E-state index contributed by atoms with van der Waals surface area (Å²) in [5, 5.41) is 6.58. The largest absolute Gasteiger partial charge is 0.297 e. The summed E-state index contributed by atoms with van der Waals surface area (Å²) < 4.78 is 0. The Labute approximate surface area is 172 Å². The van der Waals surface area contributed by atoms with Crippen molar-refractivity contribution in [3.8, 4) is 0 Å². The minimum Gasteiger partial charge on any atom is -0.297 e. The fourth-order valence-electron chi connectivity index (χ4n) is 4.20. The second kappa shape index (κ2) is 6.42. The number of ketones is 1. The number of allylic oxidation sites excluding steroid dienone is 1. The minimum absolute atomic E-state index is 0.121. The molecule has 0 bridgehead atoms. The molecule has 2 saturated heterocycles. The van der Waals surface area contributed by atoms with Crippen LogP contribution in [0.25, 0.3) is 0 Å². The zero-order chi connectivity index (χ0) is 20.4. The number of halogens is 2. The van der Waals surface area contributed by atoms with Crippen LogP contribution in [-0.4, -0.2) is 40.9 Å². The molecule has 0 unspecified atom stereocenters. The third kappa shape index (κ3) is 2.78. The van der Waals surface area contributed by atoms with E-state index in [4.69, 9.17) is 23.2 Å². The summed E-state index contributed by atoms with van der Waals surface area (Å²) in [5.41, 5.74) is -0.365. The summed E-state index contributed by atoms with van der Waals surface area (Å²) >= 11 is 12.1. The Morgan fingerprint density at radius 2 is 1.64 bits per heavy atom. The highest BCUT2D eigenvalue weighted by Gasteiger charge is 2.64. The number of imide groups is 1. The van der Waals surface area contributed by atoms with Crippen molar-refractivity contribution < 1.29 is 14.4 Å². The van der Waals surface area contributed by atoms with Crippen molar-refractivity contribution in [3.63, 3.8) is 0 Å². The Morgan fingerprint density at radius 3 is 2.25 bits per heavy atom. The van der Waals surface area contributed by atoms with Gasteiger partial charge in [0.25, 0.3) is 0 Å². The van der Waals surface area contributed by atoms with E-state index in [1.807, 2.05) is 6.08 Å². The van der Waals surface area contributed by atoms with E-state index >= 15 is 0 Å². The number of carbonyl (C=O) groups is 3. The Hall–Kier alpha value is -2.18. The minimum atomic E-state index is -0.804. The summed E-state index contributed by atoms with van der Waals surface area (Å²) in [7, 11) is 0. The van der Waals surface area contributed by atoms with Crippen molar-refractivity contribution in [2.45, 2.75) is 32.9 Å². The molecule has 28 heavy (non-hydrogen) atoms. The summed E-state index contributed by atoms with van der Waals surface area (Å²) in [6.45, 7) is 5.41. The molecule has 0 N–H and O–H groups in total. The van der Waals surface area contributed by atoms with Gasteiger partial charge in [-0.05, 0) is 24.3 Å². The third-order valence-electron chi connectivity index (χ3n) is 5.40. The van der Waals surface area contributed by atoms with Crippen LogP contribution >= 0.6 is 23.2 Å². The summed E-state index contributed by atoms with van der Waals surface area (Å²) in [5.74, 6) is -2.40. The van der Waals surface area contributed by atoms with E-state index in [1.54, 1.807) is 38.1 Å². The summed E-state index contributed by atoms with van der Waals surface area (Å²) in [6.07, 6.45) is 5.13. The second-order valence-electron chi connectivity index (χ2n) is 8.27. The first-order valence-electron chi connectivity index (χ1n) is 8.98. The number of Topliss-reactive ketones (excluding diaryl/α,β-unsaturated/α-hetero) is 1. The molecule has 1 aromatic rings. The van der Waals surface area contributed by atoms with Crippen molar-refractivity contribution in [1.82, 2.24) is 5.01 Å². The van der Waals surface area contributed by atoms with Gasteiger partial charge in [-0.25, -0.2) is 4.90 Å². The molecule has 0 radical (unpaired) electrons. The number of anilines is 1. The molecule has 2 fully saturated rings. The van der Waals surface area contributed by atoms with E-state index in [2.05, 4.69) is 5.10 Å².